The number of aryl methyl sites for hydroxylation is 1. The van der Waals surface area contributed by atoms with Gasteiger partial charge in [0.2, 0.25) is 0 Å². The van der Waals surface area contributed by atoms with Crippen molar-refractivity contribution in [3.05, 3.63) is 12.2 Å². The summed E-state index contributed by atoms with van der Waals surface area (Å²) in [5.41, 5.74) is 6.81. The second-order valence-corrected chi connectivity index (χ2v) is 6.28. The maximum absolute atomic E-state index is 6.51. The van der Waals surface area contributed by atoms with Gasteiger partial charge in [0.15, 0.2) is 0 Å². The number of nitrogens with two attached hydrogens (primary N) is 1. The first-order chi connectivity index (χ1) is 7.94. The van der Waals surface area contributed by atoms with E-state index in [1.165, 1.54) is 6.42 Å². The Morgan fingerprint density at radius 3 is 2.76 bits per heavy atom. The molecular weight excluding hydrogens is 212 g/mol. The minimum absolute atomic E-state index is 0.0813. The van der Waals surface area contributed by atoms with Gasteiger partial charge in [-0.1, -0.05) is 20.8 Å². The zero-order valence-electron chi connectivity index (χ0n) is 11.2. The predicted octanol–water partition coefficient (Wildman–Crippen LogP) is 2.14. The monoisotopic (exact) mass is 236 g/mol. The van der Waals surface area contributed by atoms with Gasteiger partial charge in [-0.05, 0) is 31.1 Å². The van der Waals surface area contributed by atoms with Crippen LogP contribution in [0.25, 0.3) is 0 Å². The van der Waals surface area contributed by atoms with Gasteiger partial charge in [0.25, 0.3) is 0 Å². The van der Waals surface area contributed by atoms with E-state index in [1.807, 2.05) is 4.68 Å². The Morgan fingerprint density at radius 1 is 1.41 bits per heavy atom. The standard InChI is InChI=1S/C13H24N4/c1-4-7-17-11(15-10-16-17)8-13(14)6-5-12(2,3)9-13/h10H,4-9,14H2,1-3H3. The van der Waals surface area contributed by atoms with Gasteiger partial charge in [-0.3, -0.25) is 4.68 Å². The smallest absolute Gasteiger partial charge is 0.138 e. The van der Waals surface area contributed by atoms with Crippen LogP contribution in [0, 0.1) is 5.41 Å². The summed E-state index contributed by atoms with van der Waals surface area (Å²) in [4.78, 5) is 4.36. The number of hydrogen-bond donors (Lipinski definition) is 1. The molecule has 4 nitrogen and oxygen atoms in total. The van der Waals surface area contributed by atoms with Gasteiger partial charge in [0, 0.05) is 18.5 Å². The molecule has 1 aliphatic rings. The molecule has 1 aromatic heterocycles. The largest absolute Gasteiger partial charge is 0.325 e. The minimum atomic E-state index is -0.0813. The molecule has 2 N–H and O–H groups in total. The van der Waals surface area contributed by atoms with Crippen molar-refractivity contribution in [1.82, 2.24) is 14.8 Å². The van der Waals surface area contributed by atoms with Gasteiger partial charge in [0.1, 0.15) is 12.2 Å². The fraction of sp³-hybridized carbons (Fsp3) is 0.846. The maximum atomic E-state index is 6.51. The Kier molecular flexibility index (Phi) is 3.25. The lowest BCUT2D eigenvalue weighted by molar-refractivity contribution is 0.328. The van der Waals surface area contributed by atoms with Gasteiger partial charge in [-0.25, -0.2) is 4.98 Å². The van der Waals surface area contributed by atoms with Crippen LogP contribution in [0.1, 0.15) is 52.3 Å². The average Bonchev–Trinajstić information content (AvgIpc) is 2.73. The van der Waals surface area contributed by atoms with E-state index in [4.69, 9.17) is 5.73 Å². The van der Waals surface area contributed by atoms with Crippen LogP contribution in [0.5, 0.6) is 0 Å². The van der Waals surface area contributed by atoms with E-state index in [-0.39, 0.29) is 5.54 Å². The van der Waals surface area contributed by atoms with Crippen LogP contribution in [0.2, 0.25) is 0 Å². The summed E-state index contributed by atoms with van der Waals surface area (Å²) in [6.45, 7) is 7.70. The molecule has 1 aromatic rings. The molecule has 17 heavy (non-hydrogen) atoms. The fourth-order valence-corrected chi connectivity index (χ4v) is 3.01. The lowest BCUT2D eigenvalue weighted by atomic mass is 9.86. The van der Waals surface area contributed by atoms with E-state index in [2.05, 4.69) is 30.9 Å². The Morgan fingerprint density at radius 2 is 2.18 bits per heavy atom. The number of rotatable bonds is 4. The Hall–Kier alpha value is -0.900. The van der Waals surface area contributed by atoms with E-state index in [9.17, 15) is 0 Å². The third kappa shape index (κ3) is 2.86. The summed E-state index contributed by atoms with van der Waals surface area (Å²) in [6, 6.07) is 0. The van der Waals surface area contributed by atoms with E-state index in [0.717, 1.165) is 38.1 Å². The molecule has 2 rings (SSSR count). The molecule has 96 valence electrons. The molecule has 0 saturated heterocycles. The summed E-state index contributed by atoms with van der Waals surface area (Å²) in [7, 11) is 0. The molecule has 1 fully saturated rings. The molecule has 1 unspecified atom stereocenters. The third-order valence-corrected chi connectivity index (χ3v) is 3.77. The van der Waals surface area contributed by atoms with Crippen LogP contribution < -0.4 is 5.73 Å². The van der Waals surface area contributed by atoms with Crippen molar-refractivity contribution in [2.75, 3.05) is 0 Å². The van der Waals surface area contributed by atoms with Crippen molar-refractivity contribution in [3.8, 4) is 0 Å². The van der Waals surface area contributed by atoms with Gasteiger partial charge in [-0.15, -0.1) is 0 Å². The average molecular weight is 236 g/mol. The van der Waals surface area contributed by atoms with Crippen LogP contribution in [0.4, 0.5) is 0 Å². The molecule has 0 spiro atoms. The zero-order valence-corrected chi connectivity index (χ0v) is 11.2. The molecular formula is C13H24N4. The second-order valence-electron chi connectivity index (χ2n) is 6.28. The molecule has 0 bridgehead atoms. The molecule has 1 atom stereocenters. The van der Waals surface area contributed by atoms with Crippen molar-refractivity contribution >= 4 is 0 Å². The predicted molar refractivity (Wildman–Crippen MR) is 68.6 cm³/mol. The van der Waals surface area contributed by atoms with E-state index < -0.39 is 0 Å². The summed E-state index contributed by atoms with van der Waals surface area (Å²) in [6.07, 6.45) is 6.98. The van der Waals surface area contributed by atoms with Crippen molar-refractivity contribution < 1.29 is 0 Å². The highest BCUT2D eigenvalue weighted by molar-refractivity contribution is 5.04. The summed E-state index contributed by atoms with van der Waals surface area (Å²) in [5, 5.41) is 4.27. The summed E-state index contributed by atoms with van der Waals surface area (Å²) >= 11 is 0. The first-order valence-electron chi connectivity index (χ1n) is 6.60. The van der Waals surface area contributed by atoms with Crippen LogP contribution in [-0.4, -0.2) is 20.3 Å². The van der Waals surface area contributed by atoms with Crippen molar-refractivity contribution in [2.45, 2.75) is 65.0 Å². The van der Waals surface area contributed by atoms with Crippen molar-refractivity contribution in [1.29, 1.82) is 0 Å². The van der Waals surface area contributed by atoms with Gasteiger partial charge in [0.05, 0.1) is 0 Å². The molecule has 1 aliphatic carbocycles. The third-order valence-electron chi connectivity index (χ3n) is 3.77. The molecule has 0 aliphatic heterocycles. The van der Waals surface area contributed by atoms with Crippen LogP contribution in [0.3, 0.4) is 0 Å². The van der Waals surface area contributed by atoms with Crippen molar-refractivity contribution in [2.24, 2.45) is 11.1 Å². The van der Waals surface area contributed by atoms with Crippen LogP contribution >= 0.6 is 0 Å². The highest BCUT2D eigenvalue weighted by atomic mass is 15.3. The molecule has 0 amide bonds. The molecule has 0 radical (unpaired) electrons. The van der Waals surface area contributed by atoms with E-state index in [0.29, 0.717) is 5.41 Å². The van der Waals surface area contributed by atoms with Crippen molar-refractivity contribution in [3.63, 3.8) is 0 Å². The van der Waals surface area contributed by atoms with E-state index >= 15 is 0 Å². The van der Waals surface area contributed by atoms with Gasteiger partial charge < -0.3 is 5.73 Å². The molecule has 1 saturated carbocycles. The molecule has 1 heterocycles. The normalized spacial score (nSPS) is 27.5. The van der Waals surface area contributed by atoms with Gasteiger partial charge in [-0.2, -0.15) is 5.10 Å². The quantitative estimate of drug-likeness (QED) is 0.871. The first-order valence-corrected chi connectivity index (χ1v) is 6.60. The number of aromatic nitrogens is 3. The Bertz CT molecular complexity index is 383. The highest BCUT2D eigenvalue weighted by Crippen LogP contribution is 2.43. The van der Waals surface area contributed by atoms with Gasteiger partial charge >= 0.3 is 0 Å². The van der Waals surface area contributed by atoms with Crippen LogP contribution in [0.15, 0.2) is 6.33 Å². The lowest BCUT2D eigenvalue weighted by Gasteiger charge is -2.26. The first kappa shape index (κ1) is 12.6. The van der Waals surface area contributed by atoms with Crippen LogP contribution in [-0.2, 0) is 13.0 Å². The molecule has 0 aromatic carbocycles. The highest BCUT2D eigenvalue weighted by Gasteiger charge is 2.41. The Labute approximate surface area is 104 Å². The summed E-state index contributed by atoms with van der Waals surface area (Å²) < 4.78 is 2.00. The zero-order chi connectivity index (χ0) is 12.5. The number of nitrogens with zero attached hydrogens (tertiary/aromatic N) is 3. The maximum Gasteiger partial charge on any atom is 0.138 e. The SMILES string of the molecule is CCCn1ncnc1CC1(N)CCC(C)(C)C1. The molecule has 4 heteroatoms. The Balaban J connectivity index is 2.08. The fourth-order valence-electron chi connectivity index (χ4n) is 3.01. The lowest BCUT2D eigenvalue weighted by Crippen LogP contribution is -2.41. The number of hydrogen-bond acceptors (Lipinski definition) is 3. The summed E-state index contributed by atoms with van der Waals surface area (Å²) in [5.74, 6) is 1.05. The topological polar surface area (TPSA) is 56.7 Å². The van der Waals surface area contributed by atoms with E-state index in [1.54, 1.807) is 6.33 Å². The second kappa shape index (κ2) is 4.41. The minimum Gasteiger partial charge on any atom is -0.325 e.